The van der Waals surface area contributed by atoms with Crippen molar-refractivity contribution in [1.29, 1.82) is 0 Å². The minimum atomic E-state index is -0.379. The maximum atomic E-state index is 12.5. The second kappa shape index (κ2) is 23.3. The fraction of sp³-hybridized carbons (Fsp3) is 0.531. The lowest BCUT2D eigenvalue weighted by atomic mass is 9.81. The van der Waals surface area contributed by atoms with E-state index in [9.17, 15) is 9.59 Å². The van der Waals surface area contributed by atoms with E-state index >= 15 is 0 Å². The number of alkyl carbamates (subject to hydrolysis) is 1. The van der Waals surface area contributed by atoms with Crippen LogP contribution in [-0.4, -0.2) is 94.7 Å². The highest BCUT2D eigenvalue weighted by Crippen LogP contribution is 2.47. The van der Waals surface area contributed by atoms with E-state index in [1.165, 1.54) is 33.9 Å². The van der Waals surface area contributed by atoms with Crippen molar-refractivity contribution in [2.75, 3.05) is 71.2 Å². The van der Waals surface area contributed by atoms with E-state index in [0.717, 1.165) is 57.9 Å². The van der Waals surface area contributed by atoms with Gasteiger partial charge in [-0.3, -0.25) is 4.79 Å². The van der Waals surface area contributed by atoms with E-state index in [0.29, 0.717) is 59.2 Å². The molecule has 3 aliphatic rings. The van der Waals surface area contributed by atoms with Gasteiger partial charge in [-0.15, -0.1) is 0 Å². The van der Waals surface area contributed by atoms with Gasteiger partial charge in [0.2, 0.25) is 11.6 Å². The smallest absolute Gasteiger partial charge is 0.407 e. The topological polar surface area (TPSA) is 101 Å². The number of nitrogens with zero attached hydrogens (tertiary/aromatic N) is 2. The summed E-state index contributed by atoms with van der Waals surface area (Å²) >= 11 is 0. The second-order valence-corrected chi connectivity index (χ2v) is 16.6. The van der Waals surface area contributed by atoms with E-state index < -0.39 is 0 Å². The molecule has 2 N–H and O–H groups in total. The maximum absolute atomic E-state index is 12.5. The number of para-hydroxylation sites is 2. The van der Waals surface area contributed by atoms with Crippen LogP contribution in [-0.2, 0) is 34.6 Å². The third-order valence-corrected chi connectivity index (χ3v) is 11.6. The lowest BCUT2D eigenvalue weighted by molar-refractivity contribution is -0.401. The highest BCUT2D eigenvalue weighted by molar-refractivity contribution is 6.03. The van der Waals surface area contributed by atoms with Gasteiger partial charge in [-0.1, -0.05) is 87.0 Å². The summed E-state index contributed by atoms with van der Waals surface area (Å²) in [5.74, 6) is 0.0580. The molecule has 1 atom stereocenters. The quantitative estimate of drug-likeness (QED) is 0.0531. The van der Waals surface area contributed by atoms with Crippen molar-refractivity contribution in [1.82, 2.24) is 10.6 Å². The Kier molecular flexibility index (Phi) is 18.0. The van der Waals surface area contributed by atoms with Crippen LogP contribution >= 0.6 is 0 Å². The zero-order valence-electron chi connectivity index (χ0n) is 36.3. The Hall–Kier alpha value is -4.51. The number of ether oxygens (including phenoxy) is 4. The summed E-state index contributed by atoms with van der Waals surface area (Å²) in [6.07, 6.45) is 23.1. The first-order chi connectivity index (χ1) is 28.6. The SMILES string of the molecule is C[N+]1=C(/C=C/C=C/C=C2/N(CCCCCC(=O)NCCOCCOCCOCCNC(=O)OC3CC/C=C\CCC3)c3ccccc3C2(C)C)C(C)(C)c2ccccc21. The first-order valence-electron chi connectivity index (χ1n) is 21.8. The average molecular weight is 810 g/mol. The van der Waals surface area contributed by atoms with Gasteiger partial charge in [0.05, 0.1) is 45.1 Å². The van der Waals surface area contributed by atoms with Crippen LogP contribution in [0.15, 0.2) is 96.8 Å². The van der Waals surface area contributed by atoms with Crippen molar-refractivity contribution >= 4 is 29.1 Å². The highest BCUT2D eigenvalue weighted by atomic mass is 16.6. The van der Waals surface area contributed by atoms with Crippen LogP contribution in [0.5, 0.6) is 0 Å². The summed E-state index contributed by atoms with van der Waals surface area (Å²) in [6.45, 7) is 13.6. The molecule has 59 heavy (non-hydrogen) atoms. The standard InChI is InChI=1S/C49H68N4O6/c1-48(2)40-23-16-18-25-42(40)52(5)44(48)27-13-9-14-28-45-49(3,4)41-24-17-19-26-43(41)53(45)32-20-10-15-29-46(54)50-30-33-56-35-37-58-38-36-57-34-31-51-47(55)59-39-21-11-7-6-8-12-22-39/h6-7,9,13-14,16-19,23-28,39H,8,10-12,15,20-22,29-38H2,1-5H3,(H-,50,51,54,55)/p+1/b7-6-. The first kappa shape index (κ1) is 45.6. The summed E-state index contributed by atoms with van der Waals surface area (Å²) in [5, 5.41) is 5.73. The van der Waals surface area contributed by atoms with Crippen LogP contribution in [0.2, 0.25) is 0 Å². The molecule has 0 saturated heterocycles. The number of hydrogen-bond donors (Lipinski definition) is 2. The average Bonchev–Trinajstić information content (AvgIpc) is 3.54. The fourth-order valence-electron chi connectivity index (χ4n) is 8.33. The molecule has 0 bridgehead atoms. The van der Waals surface area contributed by atoms with Crippen LogP contribution in [0, 0.1) is 0 Å². The van der Waals surface area contributed by atoms with Gasteiger partial charge in [0.1, 0.15) is 13.2 Å². The van der Waals surface area contributed by atoms with Crippen LogP contribution in [0.3, 0.4) is 0 Å². The summed E-state index contributed by atoms with van der Waals surface area (Å²) < 4.78 is 24.5. The monoisotopic (exact) mass is 810 g/mol. The number of carbonyl (C=O) groups excluding carboxylic acids is 2. The number of fused-ring (bicyclic) bond motifs is 2. The van der Waals surface area contributed by atoms with Crippen LogP contribution in [0.25, 0.3) is 0 Å². The van der Waals surface area contributed by atoms with Crippen molar-refractivity contribution in [2.24, 2.45) is 0 Å². The maximum Gasteiger partial charge on any atom is 0.407 e. The molecule has 2 amide bonds. The molecule has 0 fully saturated rings. The molecule has 2 heterocycles. The summed E-state index contributed by atoms with van der Waals surface area (Å²) in [6, 6.07) is 17.4. The number of unbranched alkanes of at least 4 members (excludes halogenated alkanes) is 2. The molecule has 1 aliphatic carbocycles. The molecular weight excluding hydrogens is 741 g/mol. The molecule has 0 radical (unpaired) electrons. The second-order valence-electron chi connectivity index (χ2n) is 16.6. The zero-order valence-corrected chi connectivity index (χ0v) is 36.3. The normalized spacial score (nSPS) is 19.5. The largest absolute Gasteiger partial charge is 0.446 e. The molecule has 320 valence electrons. The van der Waals surface area contributed by atoms with Crippen LogP contribution in [0.1, 0.15) is 96.6 Å². The van der Waals surface area contributed by atoms with Gasteiger partial charge in [-0.05, 0) is 76.5 Å². The number of allylic oxidation sites excluding steroid dienone is 8. The molecule has 1 unspecified atom stereocenters. The van der Waals surface area contributed by atoms with Gasteiger partial charge < -0.3 is 34.5 Å². The van der Waals surface area contributed by atoms with Crippen molar-refractivity contribution in [3.05, 3.63) is 108 Å². The first-order valence-corrected chi connectivity index (χ1v) is 21.8. The molecule has 2 aromatic rings. The molecule has 10 heteroatoms. The zero-order chi connectivity index (χ0) is 41.9. The number of hydrogen-bond acceptors (Lipinski definition) is 7. The molecule has 0 saturated carbocycles. The van der Waals surface area contributed by atoms with Gasteiger partial charge in [0.15, 0.2) is 5.71 Å². The minimum Gasteiger partial charge on any atom is -0.446 e. The summed E-state index contributed by atoms with van der Waals surface area (Å²) in [4.78, 5) is 27.0. The Morgan fingerprint density at radius 3 is 2.20 bits per heavy atom. The van der Waals surface area contributed by atoms with Gasteiger partial charge >= 0.3 is 6.09 Å². The predicted octanol–water partition coefficient (Wildman–Crippen LogP) is 8.83. The van der Waals surface area contributed by atoms with Gasteiger partial charge in [-0.25, -0.2) is 4.79 Å². The van der Waals surface area contributed by atoms with Crippen molar-refractivity contribution in [2.45, 2.75) is 102 Å². The van der Waals surface area contributed by atoms with Crippen molar-refractivity contribution in [3.8, 4) is 0 Å². The summed E-state index contributed by atoms with van der Waals surface area (Å²) in [5.41, 5.74) is 7.67. The number of anilines is 1. The van der Waals surface area contributed by atoms with E-state index in [1.807, 2.05) is 0 Å². The number of rotatable bonds is 22. The van der Waals surface area contributed by atoms with Gasteiger partial charge in [-0.2, -0.15) is 4.58 Å². The molecule has 10 nitrogen and oxygen atoms in total. The number of carbonyl (C=O) groups is 2. The Balaban J connectivity index is 0.909. The lowest BCUT2D eigenvalue weighted by Gasteiger charge is -2.27. The Bertz CT molecular complexity index is 1830. The van der Waals surface area contributed by atoms with E-state index in [2.05, 4.69) is 146 Å². The lowest BCUT2D eigenvalue weighted by Crippen LogP contribution is -2.31. The van der Waals surface area contributed by atoms with Crippen LogP contribution in [0.4, 0.5) is 16.2 Å². The Labute approximate surface area is 353 Å². The molecule has 5 rings (SSSR count). The van der Waals surface area contributed by atoms with Crippen LogP contribution < -0.4 is 15.5 Å². The molecular formula is C49H69N4O6+. The number of nitrogens with one attached hydrogen (secondary N) is 2. The molecule has 0 aromatic heterocycles. The molecule has 2 aliphatic heterocycles. The highest BCUT2D eigenvalue weighted by Gasteiger charge is 2.42. The minimum absolute atomic E-state index is 0.0150. The van der Waals surface area contributed by atoms with Crippen molar-refractivity contribution in [3.63, 3.8) is 0 Å². The summed E-state index contributed by atoms with van der Waals surface area (Å²) in [7, 11) is 2.15. The van der Waals surface area contributed by atoms with Gasteiger partial charge in [0, 0.05) is 60.6 Å². The number of benzene rings is 2. The third kappa shape index (κ3) is 13.2. The van der Waals surface area contributed by atoms with E-state index in [-0.39, 0.29) is 28.9 Å². The van der Waals surface area contributed by atoms with E-state index in [1.54, 1.807) is 0 Å². The Morgan fingerprint density at radius 2 is 1.44 bits per heavy atom. The third-order valence-electron chi connectivity index (χ3n) is 11.6. The Morgan fingerprint density at radius 1 is 0.763 bits per heavy atom. The molecule has 2 aromatic carbocycles. The van der Waals surface area contributed by atoms with Crippen molar-refractivity contribution < 1.29 is 33.1 Å². The predicted molar refractivity (Wildman–Crippen MR) is 238 cm³/mol. The molecule has 0 spiro atoms. The number of amides is 2. The van der Waals surface area contributed by atoms with E-state index in [4.69, 9.17) is 18.9 Å². The van der Waals surface area contributed by atoms with Gasteiger partial charge in [0.25, 0.3) is 0 Å². The fourth-order valence-corrected chi connectivity index (χ4v) is 8.33.